The van der Waals surface area contributed by atoms with Gasteiger partial charge in [-0.15, -0.1) is 0 Å². The maximum atomic E-state index is 13.2. The number of carbonyl (C=O) groups is 1. The molecule has 0 radical (unpaired) electrons. The van der Waals surface area contributed by atoms with Gasteiger partial charge in [0.15, 0.2) is 12.1 Å². The van der Waals surface area contributed by atoms with Crippen LogP contribution in [-0.4, -0.2) is 63.8 Å². The van der Waals surface area contributed by atoms with Gasteiger partial charge >= 0.3 is 0 Å². The van der Waals surface area contributed by atoms with Crippen molar-refractivity contribution in [3.05, 3.63) is 84.5 Å². The number of benzene rings is 2. The van der Waals surface area contributed by atoms with E-state index in [-0.39, 0.29) is 11.8 Å². The average molecular weight is 612 g/mol. The molecule has 1 amide bonds. The van der Waals surface area contributed by atoms with E-state index in [1.165, 1.54) is 0 Å². The third-order valence-electron chi connectivity index (χ3n) is 8.29. The number of fused-ring (bicyclic) bond motifs is 2. The minimum absolute atomic E-state index is 0.145. The van der Waals surface area contributed by atoms with Crippen LogP contribution in [0.25, 0.3) is 22.0 Å². The minimum Gasteiger partial charge on any atom is -0.391 e. The molecule has 45 heavy (non-hydrogen) atoms. The number of aliphatic hydroxyl groups excluding tert-OH is 1. The maximum absolute atomic E-state index is 13.2. The molecule has 3 atom stereocenters. The van der Waals surface area contributed by atoms with Gasteiger partial charge in [-0.05, 0) is 54.0 Å². The standard InChI is InChI=1S/C33H38FN9O2/c1-19(2)27-17-39-43-30(27)41-32(37-16-23-10-12-35-18-28(23)44)42-33(43)38-15-22-6-4-5-7-25(22)29-26-9-8-24(40-31(45)20(3)34)14-21(26)11-13-36-29/h4-9,11,13-14,17,19,23,28,32,35,37,41,44H,3,10,12,15-16,18H2,1-2H3,(H,38,42)(H,40,45). The van der Waals surface area contributed by atoms with Crippen LogP contribution in [0.3, 0.4) is 0 Å². The number of β-amino-alcohol motifs (C(OH)–C–C–N with tert-alkyl or cyclic N) is 1. The largest absolute Gasteiger partial charge is 0.391 e. The molecular weight excluding hydrogens is 573 g/mol. The second-order valence-corrected chi connectivity index (χ2v) is 11.7. The average Bonchev–Trinajstić information content (AvgIpc) is 3.48. The molecule has 3 unspecified atom stereocenters. The lowest BCUT2D eigenvalue weighted by molar-refractivity contribution is -0.114. The molecule has 6 N–H and O–H groups in total. The number of hydrogen-bond donors (Lipinski definition) is 6. The highest BCUT2D eigenvalue weighted by Crippen LogP contribution is 2.31. The fourth-order valence-electron chi connectivity index (χ4n) is 5.79. The number of anilines is 2. The number of piperidine rings is 1. The number of aliphatic hydroxyl groups is 1. The van der Waals surface area contributed by atoms with E-state index in [2.05, 4.69) is 52.1 Å². The Morgan fingerprint density at radius 3 is 2.87 bits per heavy atom. The quantitative estimate of drug-likeness (QED) is 0.157. The number of aromatic nitrogens is 3. The molecule has 2 aromatic carbocycles. The molecule has 2 aliphatic rings. The number of aliphatic imine (C=N–C) groups is 1. The first-order chi connectivity index (χ1) is 21.8. The van der Waals surface area contributed by atoms with Gasteiger partial charge in [-0.25, -0.2) is 9.38 Å². The zero-order valence-corrected chi connectivity index (χ0v) is 25.3. The Bertz CT molecular complexity index is 1750. The highest BCUT2D eigenvalue weighted by molar-refractivity contribution is 6.04. The lowest BCUT2D eigenvalue weighted by Crippen LogP contribution is -2.49. The zero-order valence-electron chi connectivity index (χ0n) is 25.3. The van der Waals surface area contributed by atoms with E-state index in [1.54, 1.807) is 23.0 Å². The zero-order chi connectivity index (χ0) is 31.5. The fourth-order valence-corrected chi connectivity index (χ4v) is 5.79. The number of rotatable bonds is 9. The number of carbonyl (C=O) groups excluding carboxylic acids is 1. The molecular formula is C33H38FN9O2. The molecule has 234 valence electrons. The van der Waals surface area contributed by atoms with Crippen molar-refractivity contribution >= 4 is 34.1 Å². The van der Waals surface area contributed by atoms with Crippen LogP contribution < -0.4 is 26.6 Å². The van der Waals surface area contributed by atoms with E-state index in [4.69, 9.17) is 9.98 Å². The van der Waals surface area contributed by atoms with Gasteiger partial charge in [0.1, 0.15) is 5.82 Å². The smallest absolute Gasteiger partial charge is 0.283 e. The molecule has 0 saturated carbocycles. The summed E-state index contributed by atoms with van der Waals surface area (Å²) in [5, 5.41) is 33.1. The van der Waals surface area contributed by atoms with Crippen LogP contribution in [0.5, 0.6) is 0 Å². The van der Waals surface area contributed by atoms with Crippen LogP contribution in [0.2, 0.25) is 0 Å². The topological polar surface area (TPSA) is 141 Å². The first kappa shape index (κ1) is 30.4. The monoisotopic (exact) mass is 611 g/mol. The molecule has 4 heterocycles. The lowest BCUT2D eigenvalue weighted by Gasteiger charge is -2.31. The Kier molecular flexibility index (Phi) is 8.87. The summed E-state index contributed by atoms with van der Waals surface area (Å²) in [6.45, 7) is 9.90. The van der Waals surface area contributed by atoms with Crippen molar-refractivity contribution in [2.75, 3.05) is 30.3 Å². The molecule has 0 spiro atoms. The highest BCUT2D eigenvalue weighted by Gasteiger charge is 2.28. The summed E-state index contributed by atoms with van der Waals surface area (Å²) in [7, 11) is 0. The summed E-state index contributed by atoms with van der Waals surface area (Å²) in [6.07, 6.45) is 3.70. The SMILES string of the molecule is C=C(F)C(=O)Nc1ccc2c(-c3ccccc3CNC3=NC(NCC4CCNCC4O)Nc4c(C(C)C)cnn43)nccc2c1. The van der Waals surface area contributed by atoms with Crippen molar-refractivity contribution in [3.8, 4) is 11.3 Å². The number of nitrogens with zero attached hydrogens (tertiary/aromatic N) is 4. The van der Waals surface area contributed by atoms with E-state index in [1.807, 2.05) is 42.6 Å². The molecule has 6 rings (SSSR count). The Balaban J connectivity index is 1.26. The lowest BCUT2D eigenvalue weighted by atomic mass is 9.95. The van der Waals surface area contributed by atoms with Gasteiger partial charge in [-0.1, -0.05) is 50.8 Å². The number of pyridine rings is 1. The minimum atomic E-state index is -1.05. The van der Waals surface area contributed by atoms with Gasteiger partial charge in [-0.2, -0.15) is 9.78 Å². The van der Waals surface area contributed by atoms with Crippen molar-refractivity contribution in [2.24, 2.45) is 10.9 Å². The molecule has 2 aliphatic heterocycles. The summed E-state index contributed by atoms with van der Waals surface area (Å²) < 4.78 is 15.0. The van der Waals surface area contributed by atoms with Crippen LogP contribution in [-0.2, 0) is 11.3 Å². The predicted molar refractivity (Wildman–Crippen MR) is 174 cm³/mol. The third kappa shape index (κ3) is 6.58. The molecule has 12 heteroatoms. The summed E-state index contributed by atoms with van der Waals surface area (Å²) in [5.74, 6) is -0.0239. The third-order valence-corrected chi connectivity index (χ3v) is 8.29. The molecule has 4 aromatic rings. The molecule has 2 aromatic heterocycles. The van der Waals surface area contributed by atoms with Crippen LogP contribution in [0.15, 0.2) is 78.3 Å². The summed E-state index contributed by atoms with van der Waals surface area (Å²) in [6, 6.07) is 15.3. The van der Waals surface area contributed by atoms with E-state index in [0.29, 0.717) is 31.3 Å². The van der Waals surface area contributed by atoms with E-state index >= 15 is 0 Å². The van der Waals surface area contributed by atoms with Gasteiger partial charge in [0.2, 0.25) is 5.96 Å². The van der Waals surface area contributed by atoms with E-state index in [0.717, 1.165) is 51.9 Å². The number of nitrogens with one attached hydrogen (secondary N) is 5. The van der Waals surface area contributed by atoms with Crippen molar-refractivity contribution in [2.45, 2.75) is 45.1 Å². The second-order valence-electron chi connectivity index (χ2n) is 11.7. The maximum Gasteiger partial charge on any atom is 0.283 e. The number of hydrogen-bond acceptors (Lipinski definition) is 9. The molecule has 1 fully saturated rings. The van der Waals surface area contributed by atoms with Crippen molar-refractivity contribution in [1.29, 1.82) is 0 Å². The number of amides is 1. The Labute approximate surface area is 261 Å². The Morgan fingerprint density at radius 1 is 1.22 bits per heavy atom. The molecule has 11 nitrogen and oxygen atoms in total. The van der Waals surface area contributed by atoms with Crippen molar-refractivity contribution in [3.63, 3.8) is 0 Å². The van der Waals surface area contributed by atoms with Crippen molar-refractivity contribution in [1.82, 2.24) is 30.7 Å². The molecule has 1 saturated heterocycles. The Hall–Kier alpha value is -4.65. The van der Waals surface area contributed by atoms with Gasteiger partial charge in [0.05, 0.1) is 18.0 Å². The Morgan fingerprint density at radius 2 is 2.07 bits per heavy atom. The summed E-state index contributed by atoms with van der Waals surface area (Å²) >= 11 is 0. The van der Waals surface area contributed by atoms with Gasteiger partial charge in [0.25, 0.3) is 5.91 Å². The first-order valence-electron chi connectivity index (χ1n) is 15.2. The van der Waals surface area contributed by atoms with E-state index < -0.39 is 24.1 Å². The van der Waals surface area contributed by atoms with Crippen LogP contribution in [0.1, 0.15) is 37.3 Å². The number of halogens is 1. The van der Waals surface area contributed by atoms with Crippen LogP contribution in [0.4, 0.5) is 15.9 Å². The summed E-state index contributed by atoms with van der Waals surface area (Å²) in [5.41, 5.74) is 4.29. The predicted octanol–water partition coefficient (Wildman–Crippen LogP) is 3.91. The van der Waals surface area contributed by atoms with Gasteiger partial charge in [-0.3, -0.25) is 15.1 Å². The van der Waals surface area contributed by atoms with Crippen LogP contribution in [0, 0.1) is 5.92 Å². The summed E-state index contributed by atoms with van der Waals surface area (Å²) in [4.78, 5) is 21.4. The first-order valence-corrected chi connectivity index (χ1v) is 15.2. The molecule has 0 aliphatic carbocycles. The van der Waals surface area contributed by atoms with Crippen LogP contribution >= 0.6 is 0 Å². The molecule has 0 bridgehead atoms. The van der Waals surface area contributed by atoms with Gasteiger partial charge < -0.3 is 26.4 Å². The van der Waals surface area contributed by atoms with Gasteiger partial charge in [0, 0.05) is 48.0 Å². The normalized spacial score (nSPS) is 19.5. The second kappa shape index (κ2) is 13.1. The van der Waals surface area contributed by atoms with E-state index in [9.17, 15) is 14.3 Å². The van der Waals surface area contributed by atoms with Crippen molar-refractivity contribution < 1.29 is 14.3 Å². The fraction of sp³-hybridized carbons (Fsp3) is 0.333. The highest BCUT2D eigenvalue weighted by atomic mass is 19.1.